The molecule has 4 nitrogen and oxygen atoms in total. The average Bonchev–Trinajstić information content (AvgIpc) is 3.15. The molecule has 1 atom stereocenters. The Labute approximate surface area is 174 Å². The number of carbonyl (C=O) groups is 2. The van der Waals surface area contributed by atoms with Gasteiger partial charge in [-0.05, 0) is 60.2 Å². The monoisotopic (exact) mass is 409 g/mol. The molecule has 1 aliphatic carbocycles. The van der Waals surface area contributed by atoms with Crippen LogP contribution in [-0.4, -0.2) is 21.8 Å². The van der Waals surface area contributed by atoms with E-state index in [-0.39, 0.29) is 12.2 Å². The second-order valence-electron chi connectivity index (χ2n) is 7.91. The van der Waals surface area contributed by atoms with Gasteiger partial charge in [-0.25, -0.2) is 0 Å². The Bertz CT molecular complexity index is 1030. The van der Waals surface area contributed by atoms with Gasteiger partial charge in [0, 0.05) is 34.1 Å². The number of rotatable bonds is 6. The van der Waals surface area contributed by atoms with Gasteiger partial charge in [0.1, 0.15) is 0 Å². The predicted molar refractivity (Wildman–Crippen MR) is 115 cm³/mol. The molecule has 1 saturated carbocycles. The van der Waals surface area contributed by atoms with Crippen LogP contribution in [0.1, 0.15) is 71.8 Å². The highest BCUT2D eigenvalue weighted by molar-refractivity contribution is 6.30. The van der Waals surface area contributed by atoms with E-state index in [0.29, 0.717) is 22.1 Å². The van der Waals surface area contributed by atoms with Crippen molar-refractivity contribution in [3.63, 3.8) is 0 Å². The number of aromatic amines is 1. The first-order valence-electron chi connectivity index (χ1n) is 10.2. The predicted octanol–water partition coefficient (Wildman–Crippen LogP) is 6.31. The number of H-pyrrole nitrogens is 1. The van der Waals surface area contributed by atoms with Crippen LogP contribution in [0.5, 0.6) is 0 Å². The van der Waals surface area contributed by atoms with Crippen LogP contribution >= 0.6 is 11.6 Å². The number of carboxylic acid groups (broad SMARTS) is 1. The van der Waals surface area contributed by atoms with Crippen LogP contribution in [0.4, 0.5) is 0 Å². The summed E-state index contributed by atoms with van der Waals surface area (Å²) in [6.07, 6.45) is 7.93. The number of hydrogen-bond donors (Lipinski definition) is 2. The molecule has 0 aliphatic heterocycles. The first-order valence-corrected chi connectivity index (χ1v) is 10.5. The summed E-state index contributed by atoms with van der Waals surface area (Å²) in [7, 11) is 0. The summed E-state index contributed by atoms with van der Waals surface area (Å²) >= 11 is 5.88. The normalized spacial score (nSPS) is 16.0. The van der Waals surface area contributed by atoms with Gasteiger partial charge in [0.2, 0.25) is 0 Å². The standard InChI is InChI=1S/C24H24ClNO3/c25-18-9-6-16(7-10-18)23(27)13-20(24(28)29)21-14-26-22-12-17(8-11-19(21)22)15-4-2-1-3-5-15/h6-12,14-15,20,26H,1-5,13H2,(H,28,29). The molecule has 4 rings (SSSR count). The Morgan fingerprint density at radius 2 is 1.79 bits per heavy atom. The lowest BCUT2D eigenvalue weighted by Gasteiger charge is -2.22. The minimum Gasteiger partial charge on any atom is -0.481 e. The number of carbonyl (C=O) groups excluding carboxylic acids is 1. The topological polar surface area (TPSA) is 70.2 Å². The first-order chi connectivity index (χ1) is 14.0. The van der Waals surface area contributed by atoms with Crippen LogP contribution in [0.3, 0.4) is 0 Å². The van der Waals surface area contributed by atoms with Gasteiger partial charge in [0.25, 0.3) is 0 Å². The van der Waals surface area contributed by atoms with E-state index in [9.17, 15) is 14.7 Å². The smallest absolute Gasteiger partial charge is 0.311 e. The van der Waals surface area contributed by atoms with Crippen LogP contribution in [0.25, 0.3) is 10.9 Å². The first kappa shape index (κ1) is 19.7. The van der Waals surface area contributed by atoms with Crippen molar-refractivity contribution in [1.29, 1.82) is 0 Å². The highest BCUT2D eigenvalue weighted by Crippen LogP contribution is 2.36. The molecular formula is C24H24ClNO3. The van der Waals surface area contributed by atoms with Crippen LogP contribution in [0.2, 0.25) is 5.02 Å². The van der Waals surface area contributed by atoms with Crippen LogP contribution in [0, 0.1) is 0 Å². The van der Waals surface area contributed by atoms with Crippen molar-refractivity contribution >= 4 is 34.3 Å². The number of carboxylic acids is 1. The van der Waals surface area contributed by atoms with E-state index < -0.39 is 11.9 Å². The molecule has 2 aromatic carbocycles. The number of aromatic nitrogens is 1. The summed E-state index contributed by atoms with van der Waals surface area (Å²) in [5.41, 5.74) is 3.38. The zero-order valence-corrected chi connectivity index (χ0v) is 16.9. The maximum absolute atomic E-state index is 12.6. The number of nitrogens with one attached hydrogen (secondary N) is 1. The van der Waals surface area contributed by atoms with Gasteiger partial charge in [-0.3, -0.25) is 9.59 Å². The fourth-order valence-electron chi connectivity index (χ4n) is 4.41. The maximum Gasteiger partial charge on any atom is 0.311 e. The second-order valence-corrected chi connectivity index (χ2v) is 8.35. The number of ketones is 1. The van der Waals surface area contributed by atoms with E-state index in [4.69, 9.17) is 11.6 Å². The van der Waals surface area contributed by atoms with Crippen molar-refractivity contribution < 1.29 is 14.7 Å². The van der Waals surface area contributed by atoms with E-state index in [2.05, 4.69) is 17.1 Å². The highest BCUT2D eigenvalue weighted by atomic mass is 35.5. The number of halogens is 1. The molecular weight excluding hydrogens is 386 g/mol. The van der Waals surface area contributed by atoms with Crippen LogP contribution < -0.4 is 0 Å². The van der Waals surface area contributed by atoms with E-state index >= 15 is 0 Å². The van der Waals surface area contributed by atoms with Crippen molar-refractivity contribution in [1.82, 2.24) is 4.98 Å². The Morgan fingerprint density at radius 3 is 2.48 bits per heavy atom. The highest BCUT2D eigenvalue weighted by Gasteiger charge is 2.27. The van der Waals surface area contributed by atoms with Gasteiger partial charge in [-0.2, -0.15) is 0 Å². The molecule has 0 radical (unpaired) electrons. The van der Waals surface area contributed by atoms with Gasteiger partial charge in [0.15, 0.2) is 5.78 Å². The zero-order valence-electron chi connectivity index (χ0n) is 16.2. The lowest BCUT2D eigenvalue weighted by molar-refractivity contribution is -0.138. The Hall–Kier alpha value is -2.59. The van der Waals surface area contributed by atoms with E-state index in [1.807, 2.05) is 6.07 Å². The van der Waals surface area contributed by atoms with Gasteiger partial charge in [-0.15, -0.1) is 0 Å². The molecule has 150 valence electrons. The van der Waals surface area contributed by atoms with Gasteiger partial charge in [0.05, 0.1) is 5.92 Å². The third-order valence-corrected chi connectivity index (χ3v) is 6.30. The SMILES string of the molecule is O=C(CC(C(=O)O)c1c[nH]c2cc(C3CCCCC3)ccc12)c1ccc(Cl)cc1. The summed E-state index contributed by atoms with van der Waals surface area (Å²) in [5.74, 6) is -1.51. The molecule has 5 heteroatoms. The summed E-state index contributed by atoms with van der Waals surface area (Å²) in [4.78, 5) is 27.9. The molecule has 29 heavy (non-hydrogen) atoms. The summed E-state index contributed by atoms with van der Waals surface area (Å²) in [6.45, 7) is 0. The molecule has 1 unspecified atom stereocenters. The van der Waals surface area contributed by atoms with Crippen LogP contribution in [0.15, 0.2) is 48.7 Å². The Morgan fingerprint density at radius 1 is 1.07 bits per heavy atom. The van der Waals surface area contributed by atoms with Crippen molar-refractivity contribution in [2.24, 2.45) is 0 Å². The number of Topliss-reactive ketones (excluding diaryl/α,β-unsaturated/α-hetero) is 1. The lowest BCUT2D eigenvalue weighted by Crippen LogP contribution is -2.16. The van der Waals surface area contributed by atoms with Gasteiger partial charge < -0.3 is 10.1 Å². The van der Waals surface area contributed by atoms with Crippen molar-refractivity contribution in [3.05, 3.63) is 70.4 Å². The molecule has 3 aromatic rings. The molecule has 1 fully saturated rings. The van der Waals surface area contributed by atoms with Gasteiger partial charge in [-0.1, -0.05) is 43.0 Å². The fraction of sp³-hybridized carbons (Fsp3) is 0.333. The Kier molecular flexibility index (Phi) is 5.72. The number of aliphatic carboxylic acids is 1. The molecule has 0 saturated heterocycles. The number of hydrogen-bond acceptors (Lipinski definition) is 2. The molecule has 2 N–H and O–H groups in total. The maximum atomic E-state index is 12.6. The minimum atomic E-state index is -0.996. The largest absolute Gasteiger partial charge is 0.481 e. The molecule has 0 spiro atoms. The lowest BCUT2D eigenvalue weighted by atomic mass is 9.83. The summed E-state index contributed by atoms with van der Waals surface area (Å²) in [6, 6.07) is 12.8. The molecule has 0 amide bonds. The molecule has 0 bridgehead atoms. The second kappa shape index (κ2) is 8.42. The minimum absolute atomic E-state index is 0.0890. The summed E-state index contributed by atoms with van der Waals surface area (Å²) in [5, 5.41) is 11.2. The van der Waals surface area contributed by atoms with E-state index in [1.165, 1.54) is 37.7 Å². The third-order valence-electron chi connectivity index (χ3n) is 6.04. The molecule has 1 aliphatic rings. The number of fused-ring (bicyclic) bond motifs is 1. The van der Waals surface area contributed by atoms with Gasteiger partial charge >= 0.3 is 5.97 Å². The Balaban J connectivity index is 1.60. The zero-order chi connectivity index (χ0) is 20.4. The third kappa shape index (κ3) is 4.23. The van der Waals surface area contributed by atoms with Crippen molar-refractivity contribution in [2.75, 3.05) is 0 Å². The molecule has 1 heterocycles. The van der Waals surface area contributed by atoms with E-state index in [0.717, 1.165) is 10.9 Å². The average molecular weight is 410 g/mol. The quantitative estimate of drug-likeness (QED) is 0.468. The van der Waals surface area contributed by atoms with E-state index in [1.54, 1.807) is 30.5 Å². The number of benzene rings is 2. The van der Waals surface area contributed by atoms with Crippen molar-refractivity contribution in [3.8, 4) is 0 Å². The van der Waals surface area contributed by atoms with Crippen molar-refractivity contribution in [2.45, 2.75) is 50.4 Å². The fourth-order valence-corrected chi connectivity index (χ4v) is 4.54. The van der Waals surface area contributed by atoms with Crippen LogP contribution in [-0.2, 0) is 4.79 Å². The molecule has 1 aromatic heterocycles. The summed E-state index contributed by atoms with van der Waals surface area (Å²) < 4.78 is 0.